The van der Waals surface area contributed by atoms with Crippen LogP contribution in [0.5, 0.6) is 5.75 Å². The maximum atomic E-state index is 11.1. The fraction of sp³-hybridized carbons (Fsp3) is 0.500. The number of rotatable bonds is 7. The summed E-state index contributed by atoms with van der Waals surface area (Å²) < 4.78 is 5.43. The fourth-order valence-corrected chi connectivity index (χ4v) is 3.97. The van der Waals surface area contributed by atoms with Gasteiger partial charge in [-0.05, 0) is 25.3 Å². The highest BCUT2D eigenvalue weighted by atomic mass is 32.2. The van der Waals surface area contributed by atoms with Crippen molar-refractivity contribution in [1.82, 2.24) is 14.9 Å². The zero-order chi connectivity index (χ0) is 18.4. The maximum absolute atomic E-state index is 11.1. The first-order valence-corrected chi connectivity index (χ1v) is 10.1. The predicted molar refractivity (Wildman–Crippen MR) is 104 cm³/mol. The van der Waals surface area contributed by atoms with E-state index in [1.165, 1.54) is 0 Å². The first kappa shape index (κ1) is 19.1. The molecule has 2 heterocycles. The summed E-state index contributed by atoms with van der Waals surface area (Å²) in [6.45, 7) is 4.65. The third-order valence-electron chi connectivity index (χ3n) is 4.81. The highest BCUT2D eigenvalue weighted by molar-refractivity contribution is 7.99. The van der Waals surface area contributed by atoms with Crippen LogP contribution < -0.4 is 4.74 Å². The molecule has 1 N–H and O–H groups in total. The SMILES string of the molecule is CCCSc1ncc(CN2CCC(O)(c3ccccc3OC)CC2)cn1. The summed E-state index contributed by atoms with van der Waals surface area (Å²) in [7, 11) is 1.65. The summed E-state index contributed by atoms with van der Waals surface area (Å²) >= 11 is 1.70. The molecule has 0 radical (unpaired) electrons. The minimum Gasteiger partial charge on any atom is -0.496 e. The molecule has 0 amide bonds. The van der Waals surface area contributed by atoms with E-state index < -0.39 is 5.60 Å². The number of methoxy groups -OCH3 is 1. The molecule has 0 bridgehead atoms. The summed E-state index contributed by atoms with van der Waals surface area (Å²) in [5.41, 5.74) is 1.19. The molecular weight excluding hydrogens is 346 g/mol. The Morgan fingerprint density at radius 1 is 1.19 bits per heavy atom. The van der Waals surface area contributed by atoms with Crippen LogP contribution in [0.2, 0.25) is 0 Å². The van der Waals surface area contributed by atoms with E-state index in [0.29, 0.717) is 12.8 Å². The third-order valence-corrected chi connectivity index (χ3v) is 5.90. The Bertz CT molecular complexity index is 700. The van der Waals surface area contributed by atoms with Gasteiger partial charge in [-0.1, -0.05) is 36.9 Å². The third kappa shape index (κ3) is 4.55. The quantitative estimate of drug-likeness (QED) is 0.592. The van der Waals surface area contributed by atoms with Crippen molar-refractivity contribution in [3.8, 4) is 5.75 Å². The minimum absolute atomic E-state index is 0.693. The van der Waals surface area contributed by atoms with Gasteiger partial charge in [0.25, 0.3) is 0 Å². The van der Waals surface area contributed by atoms with Gasteiger partial charge in [0.2, 0.25) is 0 Å². The second-order valence-corrected chi connectivity index (χ2v) is 7.79. The number of nitrogens with zero attached hydrogens (tertiary/aromatic N) is 3. The van der Waals surface area contributed by atoms with Crippen LogP contribution in [0, 0.1) is 0 Å². The van der Waals surface area contributed by atoms with Gasteiger partial charge >= 0.3 is 0 Å². The predicted octanol–water partition coefficient (Wildman–Crippen LogP) is 3.47. The van der Waals surface area contributed by atoms with Crippen LogP contribution in [0.3, 0.4) is 0 Å². The molecule has 26 heavy (non-hydrogen) atoms. The summed E-state index contributed by atoms with van der Waals surface area (Å²) in [6, 6.07) is 7.77. The molecule has 1 aromatic heterocycles. The van der Waals surface area contributed by atoms with Crippen molar-refractivity contribution in [3.63, 3.8) is 0 Å². The van der Waals surface area contributed by atoms with E-state index in [2.05, 4.69) is 21.8 Å². The van der Waals surface area contributed by atoms with E-state index in [4.69, 9.17) is 4.74 Å². The second kappa shape index (κ2) is 8.84. The van der Waals surface area contributed by atoms with E-state index in [9.17, 15) is 5.11 Å². The molecule has 5 nitrogen and oxygen atoms in total. The number of thioether (sulfide) groups is 1. The normalized spacial score (nSPS) is 17.2. The van der Waals surface area contributed by atoms with Gasteiger partial charge in [0.1, 0.15) is 5.75 Å². The lowest BCUT2D eigenvalue weighted by molar-refractivity contribution is -0.0292. The van der Waals surface area contributed by atoms with Gasteiger partial charge in [-0.2, -0.15) is 0 Å². The molecule has 140 valence electrons. The molecule has 1 aromatic carbocycles. The number of hydrogen-bond donors (Lipinski definition) is 1. The van der Waals surface area contributed by atoms with E-state index in [0.717, 1.165) is 53.8 Å². The minimum atomic E-state index is -0.819. The Morgan fingerprint density at radius 3 is 2.54 bits per heavy atom. The Kier molecular flexibility index (Phi) is 6.51. The lowest BCUT2D eigenvalue weighted by Gasteiger charge is -2.39. The van der Waals surface area contributed by atoms with Crippen molar-refractivity contribution >= 4 is 11.8 Å². The lowest BCUT2D eigenvalue weighted by Crippen LogP contribution is -2.42. The van der Waals surface area contributed by atoms with Gasteiger partial charge < -0.3 is 9.84 Å². The maximum Gasteiger partial charge on any atom is 0.187 e. The number of hydrogen-bond acceptors (Lipinski definition) is 6. The Balaban J connectivity index is 1.58. The van der Waals surface area contributed by atoms with Crippen LogP contribution in [0.1, 0.15) is 37.3 Å². The number of aromatic nitrogens is 2. The van der Waals surface area contributed by atoms with Gasteiger partial charge in [-0.3, -0.25) is 4.90 Å². The monoisotopic (exact) mass is 373 g/mol. The number of piperidine rings is 1. The van der Waals surface area contributed by atoms with Gasteiger partial charge in [0.15, 0.2) is 5.16 Å². The van der Waals surface area contributed by atoms with Crippen molar-refractivity contribution < 1.29 is 9.84 Å². The molecule has 0 atom stereocenters. The van der Waals surface area contributed by atoms with E-state index >= 15 is 0 Å². The van der Waals surface area contributed by atoms with E-state index in [-0.39, 0.29) is 0 Å². The molecule has 0 aliphatic carbocycles. The zero-order valence-corrected chi connectivity index (χ0v) is 16.3. The number of ether oxygens (including phenoxy) is 1. The van der Waals surface area contributed by atoms with Crippen LogP contribution in [0.25, 0.3) is 0 Å². The van der Waals surface area contributed by atoms with Gasteiger partial charge in [-0.15, -0.1) is 0 Å². The van der Waals surface area contributed by atoms with Crippen LogP contribution >= 0.6 is 11.8 Å². The standard InChI is InChI=1S/C20H27N3O2S/c1-3-12-26-19-21-13-16(14-22-19)15-23-10-8-20(24,9-11-23)17-6-4-5-7-18(17)25-2/h4-7,13-14,24H,3,8-12,15H2,1-2H3. The molecule has 1 saturated heterocycles. The molecule has 0 unspecified atom stereocenters. The summed E-state index contributed by atoms with van der Waals surface area (Å²) in [5, 5.41) is 12.0. The zero-order valence-electron chi connectivity index (χ0n) is 15.5. The molecular formula is C20H27N3O2S. The Morgan fingerprint density at radius 2 is 1.88 bits per heavy atom. The van der Waals surface area contributed by atoms with Crippen molar-refractivity contribution in [2.75, 3.05) is 26.0 Å². The first-order chi connectivity index (χ1) is 12.6. The number of para-hydroxylation sites is 1. The van der Waals surface area contributed by atoms with Gasteiger partial charge in [-0.25, -0.2) is 9.97 Å². The van der Waals surface area contributed by atoms with Crippen molar-refractivity contribution in [1.29, 1.82) is 0 Å². The van der Waals surface area contributed by atoms with E-state index in [1.807, 2.05) is 36.7 Å². The number of benzene rings is 1. The number of likely N-dealkylation sites (tertiary alicyclic amines) is 1. The molecule has 3 rings (SSSR count). The highest BCUT2D eigenvalue weighted by Crippen LogP contribution is 2.38. The molecule has 1 aliphatic rings. The van der Waals surface area contributed by atoms with Crippen molar-refractivity contribution in [2.24, 2.45) is 0 Å². The van der Waals surface area contributed by atoms with Crippen LogP contribution in [-0.4, -0.2) is 45.9 Å². The molecule has 0 saturated carbocycles. The largest absolute Gasteiger partial charge is 0.496 e. The molecule has 2 aromatic rings. The second-order valence-electron chi connectivity index (χ2n) is 6.73. The average Bonchev–Trinajstić information content (AvgIpc) is 2.69. The van der Waals surface area contributed by atoms with Gasteiger partial charge in [0.05, 0.1) is 12.7 Å². The molecule has 1 aliphatic heterocycles. The smallest absolute Gasteiger partial charge is 0.187 e. The summed E-state index contributed by atoms with van der Waals surface area (Å²) in [4.78, 5) is 11.2. The molecule has 1 fully saturated rings. The fourth-order valence-electron chi connectivity index (χ4n) is 3.33. The highest BCUT2D eigenvalue weighted by Gasteiger charge is 2.36. The van der Waals surface area contributed by atoms with E-state index in [1.54, 1.807) is 18.9 Å². The molecule has 0 spiro atoms. The first-order valence-electron chi connectivity index (χ1n) is 9.16. The van der Waals surface area contributed by atoms with Crippen molar-refractivity contribution in [3.05, 3.63) is 47.8 Å². The lowest BCUT2D eigenvalue weighted by atomic mass is 9.84. The number of aliphatic hydroxyl groups is 1. The topological polar surface area (TPSA) is 58.5 Å². The summed E-state index contributed by atoms with van der Waals surface area (Å²) in [6.07, 6.45) is 6.36. The van der Waals surface area contributed by atoms with Crippen LogP contribution in [0.4, 0.5) is 0 Å². The Labute approximate surface area is 159 Å². The van der Waals surface area contributed by atoms with Crippen LogP contribution in [-0.2, 0) is 12.1 Å². The Hall–Kier alpha value is -1.63. The van der Waals surface area contributed by atoms with Gasteiger partial charge in [0, 0.05) is 48.9 Å². The summed E-state index contributed by atoms with van der Waals surface area (Å²) in [5.74, 6) is 1.81. The average molecular weight is 374 g/mol. The molecule has 6 heteroatoms. The van der Waals surface area contributed by atoms with Crippen LogP contribution in [0.15, 0.2) is 41.8 Å². The van der Waals surface area contributed by atoms with Crippen molar-refractivity contribution in [2.45, 2.75) is 43.5 Å².